The van der Waals surface area contributed by atoms with E-state index in [1.54, 1.807) is 17.3 Å². The first-order valence-electron chi connectivity index (χ1n) is 8.96. The van der Waals surface area contributed by atoms with Gasteiger partial charge in [0.1, 0.15) is 5.01 Å². The lowest BCUT2D eigenvalue weighted by molar-refractivity contribution is -0.128. The Kier molecular flexibility index (Phi) is 5.12. The topological polar surface area (TPSA) is 88.1 Å². The van der Waals surface area contributed by atoms with E-state index in [1.807, 2.05) is 43.3 Å². The number of amides is 2. The molecule has 4 rings (SSSR count). The van der Waals surface area contributed by atoms with Crippen molar-refractivity contribution in [3.63, 3.8) is 0 Å². The number of rotatable bonds is 5. The van der Waals surface area contributed by atoms with E-state index in [0.717, 1.165) is 16.1 Å². The monoisotopic (exact) mass is 393 g/mol. The standard InChI is InChI=1S/C20H19N5O2S/c1-13-4-6-15(7-5-13)19-23-24-20(28-19)22-18(27)16-9-17(26)25(12-16)11-14-3-2-8-21-10-14/h2-8,10,16H,9,11-12H2,1H3,(H,22,24,27). The van der Waals surface area contributed by atoms with Crippen LogP contribution in [0, 0.1) is 12.8 Å². The molecule has 1 atom stereocenters. The quantitative estimate of drug-likeness (QED) is 0.720. The van der Waals surface area contributed by atoms with Crippen LogP contribution < -0.4 is 5.32 Å². The molecule has 1 aromatic carbocycles. The zero-order chi connectivity index (χ0) is 19.5. The molecule has 1 aliphatic rings. The number of likely N-dealkylation sites (tertiary alicyclic amines) is 1. The molecule has 2 amide bonds. The number of carbonyl (C=O) groups is 2. The van der Waals surface area contributed by atoms with Gasteiger partial charge in [-0.3, -0.25) is 14.6 Å². The van der Waals surface area contributed by atoms with Crippen molar-refractivity contribution in [3.8, 4) is 10.6 Å². The summed E-state index contributed by atoms with van der Waals surface area (Å²) in [5.74, 6) is -0.619. The number of nitrogens with one attached hydrogen (secondary N) is 1. The van der Waals surface area contributed by atoms with Crippen LogP contribution in [0.5, 0.6) is 0 Å². The maximum absolute atomic E-state index is 12.6. The molecule has 0 spiro atoms. The molecule has 142 valence electrons. The van der Waals surface area contributed by atoms with Gasteiger partial charge in [0.15, 0.2) is 0 Å². The third kappa shape index (κ3) is 4.07. The Hall–Kier alpha value is -3.13. The first-order valence-corrected chi connectivity index (χ1v) is 9.78. The van der Waals surface area contributed by atoms with Crippen LogP contribution in [0.15, 0.2) is 48.8 Å². The summed E-state index contributed by atoms with van der Waals surface area (Å²) >= 11 is 1.32. The fraction of sp³-hybridized carbons (Fsp3) is 0.250. The van der Waals surface area contributed by atoms with Gasteiger partial charge < -0.3 is 10.2 Å². The molecule has 0 bridgehead atoms. The zero-order valence-corrected chi connectivity index (χ0v) is 16.1. The molecule has 3 heterocycles. The number of nitrogens with zero attached hydrogens (tertiary/aromatic N) is 4. The van der Waals surface area contributed by atoms with E-state index in [1.165, 1.54) is 16.9 Å². The Morgan fingerprint density at radius 1 is 1.25 bits per heavy atom. The van der Waals surface area contributed by atoms with Crippen molar-refractivity contribution in [2.75, 3.05) is 11.9 Å². The Balaban J connectivity index is 1.38. The van der Waals surface area contributed by atoms with E-state index in [2.05, 4.69) is 20.5 Å². The third-order valence-corrected chi connectivity index (χ3v) is 5.52. The predicted octanol–water partition coefficient (Wildman–Crippen LogP) is 2.90. The Bertz CT molecular complexity index is 987. The van der Waals surface area contributed by atoms with Crippen molar-refractivity contribution >= 4 is 28.3 Å². The summed E-state index contributed by atoms with van der Waals surface area (Å²) in [5, 5.41) is 12.2. The van der Waals surface area contributed by atoms with Crippen LogP contribution in [0.25, 0.3) is 10.6 Å². The van der Waals surface area contributed by atoms with Crippen LogP contribution >= 0.6 is 11.3 Å². The second kappa shape index (κ2) is 7.85. The minimum atomic E-state index is -0.393. The Labute approximate surface area is 166 Å². The molecule has 28 heavy (non-hydrogen) atoms. The third-order valence-electron chi connectivity index (χ3n) is 4.64. The summed E-state index contributed by atoms with van der Waals surface area (Å²) in [6.45, 7) is 2.88. The fourth-order valence-electron chi connectivity index (χ4n) is 3.11. The van der Waals surface area contributed by atoms with Gasteiger partial charge in [-0.25, -0.2) is 0 Å². The van der Waals surface area contributed by atoms with E-state index in [0.29, 0.717) is 18.2 Å². The number of benzene rings is 1. The number of hydrogen-bond donors (Lipinski definition) is 1. The van der Waals surface area contributed by atoms with Gasteiger partial charge in [-0.15, -0.1) is 10.2 Å². The fourth-order valence-corrected chi connectivity index (χ4v) is 3.86. The molecule has 1 N–H and O–H groups in total. The van der Waals surface area contributed by atoms with Crippen LogP contribution in [0.2, 0.25) is 0 Å². The van der Waals surface area contributed by atoms with E-state index < -0.39 is 5.92 Å². The van der Waals surface area contributed by atoms with E-state index in [-0.39, 0.29) is 18.2 Å². The second-order valence-corrected chi connectivity index (χ2v) is 7.78. The highest BCUT2D eigenvalue weighted by molar-refractivity contribution is 7.18. The van der Waals surface area contributed by atoms with Crippen molar-refractivity contribution in [1.82, 2.24) is 20.1 Å². The summed E-state index contributed by atoms with van der Waals surface area (Å²) < 4.78 is 0. The maximum Gasteiger partial charge on any atom is 0.231 e. The summed E-state index contributed by atoms with van der Waals surface area (Å²) in [7, 11) is 0. The molecular weight excluding hydrogens is 374 g/mol. The van der Waals surface area contributed by atoms with Gasteiger partial charge >= 0.3 is 0 Å². The summed E-state index contributed by atoms with van der Waals surface area (Å²) in [5.41, 5.74) is 3.08. The lowest BCUT2D eigenvalue weighted by Gasteiger charge is -2.16. The Morgan fingerprint density at radius 3 is 2.82 bits per heavy atom. The largest absolute Gasteiger partial charge is 0.337 e. The molecule has 1 saturated heterocycles. The first kappa shape index (κ1) is 18.2. The molecule has 8 heteroatoms. The zero-order valence-electron chi connectivity index (χ0n) is 15.3. The number of anilines is 1. The van der Waals surface area contributed by atoms with Gasteiger partial charge in [-0.05, 0) is 18.6 Å². The number of aryl methyl sites for hydroxylation is 1. The van der Waals surface area contributed by atoms with E-state index >= 15 is 0 Å². The van der Waals surface area contributed by atoms with Gasteiger partial charge in [-0.2, -0.15) is 0 Å². The number of carbonyl (C=O) groups excluding carboxylic acids is 2. The van der Waals surface area contributed by atoms with Crippen LogP contribution in [0.4, 0.5) is 5.13 Å². The van der Waals surface area contributed by atoms with Gasteiger partial charge in [0.2, 0.25) is 16.9 Å². The summed E-state index contributed by atoms with van der Waals surface area (Å²) in [6.07, 6.45) is 3.63. The highest BCUT2D eigenvalue weighted by Gasteiger charge is 2.34. The van der Waals surface area contributed by atoms with Gasteiger partial charge in [-0.1, -0.05) is 47.2 Å². The summed E-state index contributed by atoms with van der Waals surface area (Å²) in [6, 6.07) is 11.7. The molecule has 3 aromatic rings. The molecule has 0 radical (unpaired) electrons. The second-order valence-electron chi connectivity index (χ2n) is 6.80. The first-order chi connectivity index (χ1) is 13.6. The van der Waals surface area contributed by atoms with E-state index in [9.17, 15) is 9.59 Å². The lowest BCUT2D eigenvalue weighted by atomic mass is 10.1. The SMILES string of the molecule is Cc1ccc(-c2nnc(NC(=O)C3CC(=O)N(Cc4cccnc4)C3)s2)cc1. The van der Waals surface area contributed by atoms with Gasteiger partial charge in [0.25, 0.3) is 0 Å². The minimum absolute atomic E-state index is 0.0263. The normalized spacial score (nSPS) is 16.4. The number of hydrogen-bond acceptors (Lipinski definition) is 6. The smallest absolute Gasteiger partial charge is 0.231 e. The predicted molar refractivity (Wildman–Crippen MR) is 106 cm³/mol. The molecular formula is C20H19N5O2S. The molecule has 0 saturated carbocycles. The van der Waals surface area contributed by atoms with Crippen molar-refractivity contribution in [3.05, 3.63) is 59.9 Å². The van der Waals surface area contributed by atoms with Crippen LogP contribution in [-0.2, 0) is 16.1 Å². The molecule has 1 fully saturated rings. The lowest BCUT2D eigenvalue weighted by Crippen LogP contribution is -2.28. The van der Waals surface area contributed by atoms with Crippen molar-refractivity contribution in [1.29, 1.82) is 0 Å². The Morgan fingerprint density at radius 2 is 2.07 bits per heavy atom. The molecule has 7 nitrogen and oxygen atoms in total. The maximum atomic E-state index is 12.6. The minimum Gasteiger partial charge on any atom is -0.337 e. The van der Waals surface area contributed by atoms with Crippen LogP contribution in [-0.4, -0.2) is 38.4 Å². The highest BCUT2D eigenvalue weighted by Crippen LogP contribution is 2.28. The summed E-state index contributed by atoms with van der Waals surface area (Å²) in [4.78, 5) is 30.6. The van der Waals surface area contributed by atoms with Crippen LogP contribution in [0.1, 0.15) is 17.5 Å². The average Bonchev–Trinajstić information content (AvgIpc) is 3.30. The molecule has 0 aliphatic carbocycles. The molecule has 1 unspecified atom stereocenters. The van der Waals surface area contributed by atoms with Crippen LogP contribution in [0.3, 0.4) is 0 Å². The number of pyridine rings is 1. The van der Waals surface area contributed by atoms with Crippen molar-refractivity contribution in [2.45, 2.75) is 19.9 Å². The van der Waals surface area contributed by atoms with Gasteiger partial charge in [0, 0.05) is 37.5 Å². The molecule has 1 aliphatic heterocycles. The molecule has 2 aromatic heterocycles. The average molecular weight is 393 g/mol. The number of aromatic nitrogens is 3. The van der Waals surface area contributed by atoms with Gasteiger partial charge in [0.05, 0.1) is 5.92 Å². The van der Waals surface area contributed by atoms with Crippen molar-refractivity contribution in [2.24, 2.45) is 5.92 Å². The van der Waals surface area contributed by atoms with E-state index in [4.69, 9.17) is 0 Å². The van der Waals surface area contributed by atoms with Crippen molar-refractivity contribution < 1.29 is 9.59 Å². The highest BCUT2D eigenvalue weighted by atomic mass is 32.1.